The van der Waals surface area contributed by atoms with Crippen molar-refractivity contribution in [2.45, 2.75) is 77.7 Å². The van der Waals surface area contributed by atoms with Gasteiger partial charge in [-0.25, -0.2) is 18.4 Å². The molecule has 4 aromatic rings. The van der Waals surface area contributed by atoms with Crippen molar-refractivity contribution in [3.05, 3.63) is 132 Å². The Hall–Kier alpha value is -5.54. The maximum atomic E-state index is 14.6. The zero-order valence-electron chi connectivity index (χ0n) is 37.8. The smallest absolute Gasteiger partial charge is 0.414 e. The zero-order valence-corrected chi connectivity index (χ0v) is 37.8. The fourth-order valence-electron chi connectivity index (χ4n) is 8.29. The lowest BCUT2D eigenvalue weighted by atomic mass is 9.91. The van der Waals surface area contributed by atoms with Crippen LogP contribution in [0.5, 0.6) is 0 Å². The number of methoxy groups -OCH3 is 2. The molecule has 0 saturated carbocycles. The van der Waals surface area contributed by atoms with Crippen LogP contribution in [0.2, 0.25) is 0 Å². The highest BCUT2D eigenvalue weighted by Crippen LogP contribution is 2.32. The van der Waals surface area contributed by atoms with Gasteiger partial charge in [0.05, 0.1) is 11.4 Å². The normalized spacial score (nSPS) is 19.7. The monoisotopic (exact) mass is 886 g/mol. The van der Waals surface area contributed by atoms with Gasteiger partial charge in [-0.15, -0.1) is 0 Å². The Balaban J connectivity index is 0.000000249. The summed E-state index contributed by atoms with van der Waals surface area (Å²) >= 11 is 0. The third-order valence-electron chi connectivity index (χ3n) is 12.0. The van der Waals surface area contributed by atoms with E-state index in [0.29, 0.717) is 11.4 Å². The van der Waals surface area contributed by atoms with Crippen LogP contribution in [0.1, 0.15) is 51.7 Å². The van der Waals surface area contributed by atoms with Crippen LogP contribution in [0.25, 0.3) is 0 Å². The second kappa shape index (κ2) is 25.7. The van der Waals surface area contributed by atoms with Crippen LogP contribution in [-0.2, 0) is 41.5 Å². The molecule has 2 N–H and O–H groups in total. The standard InChI is InChI=1S/2C24H31FN2O2.C2H2O4/c2*1-18-17-26(15-13-20-9-5-4-6-10-20)16-14-22(18)27(24(28)19(2)29-3)23-12-8-7-11-21(23)25;3-1(4)2(5)6/h2*4-12,18-19,22H,13-17H2,1-3H3;(H,3,4)(H,5,6)/t2*18-,19?,22?;/m11./s1. The molecule has 2 fully saturated rings. The number of nitrogens with zero attached hydrogens (tertiary/aromatic N) is 4. The third kappa shape index (κ3) is 14.8. The van der Waals surface area contributed by atoms with E-state index in [1.54, 1.807) is 60.0 Å². The van der Waals surface area contributed by atoms with Crippen molar-refractivity contribution in [2.24, 2.45) is 11.8 Å². The number of para-hydroxylation sites is 2. The van der Waals surface area contributed by atoms with Crippen LogP contribution in [0.4, 0.5) is 20.2 Å². The summed E-state index contributed by atoms with van der Waals surface area (Å²) in [6, 6.07) is 33.9. The summed E-state index contributed by atoms with van der Waals surface area (Å²) in [5.74, 6) is -4.31. The average Bonchev–Trinajstić information content (AvgIpc) is 3.30. The molecule has 12 nitrogen and oxygen atoms in total. The van der Waals surface area contributed by atoms with Crippen LogP contribution in [0.15, 0.2) is 109 Å². The molecule has 6 atom stereocenters. The molecule has 2 aliphatic rings. The molecule has 0 spiro atoms. The lowest BCUT2D eigenvalue weighted by Gasteiger charge is -2.43. The van der Waals surface area contributed by atoms with Gasteiger partial charge in [0, 0.05) is 65.6 Å². The Morgan fingerprint density at radius 3 is 1.22 bits per heavy atom. The fraction of sp³-hybridized carbons (Fsp3) is 0.440. The number of rotatable bonds is 14. The minimum atomic E-state index is -1.82. The van der Waals surface area contributed by atoms with Gasteiger partial charge < -0.3 is 39.3 Å². The van der Waals surface area contributed by atoms with Crippen molar-refractivity contribution in [3.8, 4) is 0 Å². The largest absolute Gasteiger partial charge is 0.473 e. The molecule has 64 heavy (non-hydrogen) atoms. The first-order valence-corrected chi connectivity index (χ1v) is 21.9. The second-order valence-corrected chi connectivity index (χ2v) is 16.4. The summed E-state index contributed by atoms with van der Waals surface area (Å²) in [5.41, 5.74) is 3.35. The topological polar surface area (TPSA) is 140 Å². The van der Waals surface area contributed by atoms with E-state index in [2.05, 4.69) is 72.2 Å². The molecule has 0 aromatic heterocycles. The summed E-state index contributed by atoms with van der Waals surface area (Å²) in [5, 5.41) is 14.8. The number of hydrogen-bond acceptors (Lipinski definition) is 8. The molecular weight excluding hydrogens is 823 g/mol. The number of carboxylic acids is 2. The number of halogens is 2. The summed E-state index contributed by atoms with van der Waals surface area (Å²) in [6.45, 7) is 13.3. The fourth-order valence-corrected chi connectivity index (χ4v) is 8.29. The lowest BCUT2D eigenvalue weighted by molar-refractivity contribution is -0.159. The van der Waals surface area contributed by atoms with Crippen LogP contribution >= 0.6 is 0 Å². The molecule has 2 saturated heterocycles. The summed E-state index contributed by atoms with van der Waals surface area (Å²) in [7, 11) is 3.02. The Morgan fingerprint density at radius 2 is 0.922 bits per heavy atom. The first-order valence-electron chi connectivity index (χ1n) is 21.9. The van der Waals surface area contributed by atoms with Crippen molar-refractivity contribution < 1.29 is 47.6 Å². The van der Waals surface area contributed by atoms with Gasteiger partial charge in [-0.3, -0.25) is 9.59 Å². The quantitative estimate of drug-likeness (QED) is 0.123. The van der Waals surface area contributed by atoms with Gasteiger partial charge in [0.15, 0.2) is 0 Å². The van der Waals surface area contributed by atoms with Crippen LogP contribution in [0.3, 0.4) is 0 Å². The van der Waals surface area contributed by atoms with Gasteiger partial charge in [0.25, 0.3) is 11.8 Å². The van der Waals surface area contributed by atoms with Crippen molar-refractivity contribution in [1.82, 2.24) is 9.80 Å². The summed E-state index contributed by atoms with van der Waals surface area (Å²) in [6.07, 6.45) is 2.42. The molecule has 2 heterocycles. The predicted octanol–water partition coefficient (Wildman–Crippen LogP) is 7.45. The molecule has 2 aliphatic heterocycles. The maximum absolute atomic E-state index is 14.6. The number of hydrogen-bond donors (Lipinski definition) is 2. The van der Waals surface area contributed by atoms with E-state index in [0.717, 1.165) is 65.0 Å². The molecule has 346 valence electrons. The van der Waals surface area contributed by atoms with Gasteiger partial charge in [-0.2, -0.15) is 0 Å². The van der Waals surface area contributed by atoms with Crippen molar-refractivity contribution in [1.29, 1.82) is 0 Å². The van der Waals surface area contributed by atoms with Gasteiger partial charge in [0.2, 0.25) is 0 Å². The number of ether oxygens (including phenoxy) is 2. The molecule has 0 radical (unpaired) electrons. The van der Waals surface area contributed by atoms with Gasteiger partial charge in [-0.05, 0) is 86.8 Å². The number of piperidine rings is 2. The van der Waals surface area contributed by atoms with Crippen LogP contribution in [0, 0.1) is 23.5 Å². The highest BCUT2D eigenvalue weighted by Gasteiger charge is 2.38. The van der Waals surface area contributed by atoms with E-state index in [-0.39, 0.29) is 47.4 Å². The molecule has 4 aromatic carbocycles. The summed E-state index contributed by atoms with van der Waals surface area (Å²) in [4.78, 5) is 52.5. The van der Waals surface area contributed by atoms with Crippen LogP contribution in [-0.4, -0.2) is 122 Å². The third-order valence-corrected chi connectivity index (χ3v) is 12.0. The number of anilines is 2. The lowest BCUT2D eigenvalue weighted by Crippen LogP contribution is -2.55. The predicted molar refractivity (Wildman–Crippen MR) is 244 cm³/mol. The highest BCUT2D eigenvalue weighted by atomic mass is 19.1. The maximum Gasteiger partial charge on any atom is 0.414 e. The Bertz CT molecular complexity index is 1930. The van der Waals surface area contributed by atoms with Gasteiger partial charge >= 0.3 is 11.9 Å². The SMILES string of the molecule is COC(C)C(=O)N(c1ccccc1F)C1CCN(CCc2ccccc2)C[C@H]1C.COC(C)C(=O)N(c1ccccc1F)C1CCN(CCc2ccccc2)C[C@H]1C.O=C(O)C(=O)O. The first-order chi connectivity index (χ1) is 30.7. The minimum absolute atomic E-state index is 0.0509. The molecule has 14 heteroatoms. The second-order valence-electron chi connectivity index (χ2n) is 16.4. The van der Waals surface area contributed by atoms with Crippen molar-refractivity contribution in [3.63, 3.8) is 0 Å². The van der Waals surface area contributed by atoms with Crippen molar-refractivity contribution in [2.75, 3.05) is 63.3 Å². The number of carbonyl (C=O) groups excluding carboxylic acids is 2. The van der Waals surface area contributed by atoms with Crippen molar-refractivity contribution >= 4 is 35.1 Å². The summed E-state index contributed by atoms with van der Waals surface area (Å²) < 4.78 is 39.7. The molecular formula is C50H64F2N4O8. The number of aliphatic carboxylic acids is 2. The van der Waals surface area contributed by atoms with Crippen LogP contribution < -0.4 is 9.80 Å². The van der Waals surface area contributed by atoms with E-state index in [1.165, 1.54) is 37.5 Å². The highest BCUT2D eigenvalue weighted by molar-refractivity contribution is 6.27. The number of carboxylic acid groups (broad SMARTS) is 2. The Kier molecular flexibility index (Phi) is 20.5. The molecule has 6 rings (SSSR count). The molecule has 0 bridgehead atoms. The van der Waals surface area contributed by atoms with Gasteiger partial charge in [-0.1, -0.05) is 98.8 Å². The van der Waals surface area contributed by atoms with E-state index in [4.69, 9.17) is 29.3 Å². The molecule has 0 aliphatic carbocycles. The average molecular weight is 887 g/mol. The number of carbonyl (C=O) groups is 4. The number of amides is 2. The molecule has 2 amide bonds. The van der Waals surface area contributed by atoms with E-state index < -0.39 is 24.1 Å². The Morgan fingerprint density at radius 1 is 0.594 bits per heavy atom. The van der Waals surface area contributed by atoms with E-state index in [1.807, 2.05) is 12.1 Å². The number of likely N-dealkylation sites (tertiary alicyclic amines) is 2. The van der Waals surface area contributed by atoms with Gasteiger partial charge in [0.1, 0.15) is 23.8 Å². The van der Waals surface area contributed by atoms with E-state index in [9.17, 15) is 18.4 Å². The zero-order chi connectivity index (χ0) is 46.8. The molecule has 4 unspecified atom stereocenters. The number of benzene rings is 4. The Labute approximate surface area is 376 Å². The minimum Gasteiger partial charge on any atom is -0.473 e. The van der Waals surface area contributed by atoms with E-state index >= 15 is 0 Å². The first kappa shape index (κ1) is 51.1.